The molecule has 2 atom stereocenters. The van der Waals surface area contributed by atoms with E-state index in [2.05, 4.69) is 29.4 Å². The second kappa shape index (κ2) is 10.3. The van der Waals surface area contributed by atoms with Gasteiger partial charge >= 0.3 is 0 Å². The molecule has 182 valence electrons. The number of H-pyrrole nitrogens is 2. The second-order valence-corrected chi connectivity index (χ2v) is 10.4. The lowest BCUT2D eigenvalue weighted by molar-refractivity contribution is 0.689. The van der Waals surface area contributed by atoms with Gasteiger partial charge < -0.3 is 19.4 Å². The summed E-state index contributed by atoms with van der Waals surface area (Å²) in [7, 11) is -2.22. The Morgan fingerprint density at radius 2 is 1.03 bits per heavy atom. The summed E-state index contributed by atoms with van der Waals surface area (Å²) in [6.07, 6.45) is 6.81. The van der Waals surface area contributed by atoms with Crippen LogP contribution in [0.3, 0.4) is 0 Å². The third-order valence-corrected chi connectivity index (χ3v) is 6.52. The fraction of sp³-hybridized carbons (Fsp3) is 0.0769. The van der Waals surface area contributed by atoms with Crippen molar-refractivity contribution in [2.45, 2.75) is 0 Å². The third-order valence-electron chi connectivity index (χ3n) is 5.48. The molecule has 0 aliphatic carbocycles. The number of aromatic nitrogens is 4. The molecule has 2 heterocycles. The Kier molecular flexibility index (Phi) is 6.79. The first-order chi connectivity index (χ1) is 17.4. The molecule has 0 saturated heterocycles. The molecule has 2 unspecified atom stereocenters. The third kappa shape index (κ3) is 5.45. The molecule has 2 aromatic heterocycles. The molecule has 0 radical (unpaired) electrons. The second-order valence-electron chi connectivity index (χ2n) is 8.14. The van der Waals surface area contributed by atoms with Crippen molar-refractivity contribution >= 4 is 33.3 Å². The van der Waals surface area contributed by atoms with Crippen molar-refractivity contribution in [2.75, 3.05) is 22.0 Å². The quantitative estimate of drug-likeness (QED) is 0.227. The van der Waals surface area contributed by atoms with Gasteiger partial charge in [-0.05, 0) is 41.5 Å². The fourth-order valence-corrected chi connectivity index (χ4v) is 4.75. The highest BCUT2D eigenvalue weighted by molar-refractivity contribution is 7.85. The van der Waals surface area contributed by atoms with Crippen molar-refractivity contribution in [3.05, 3.63) is 85.2 Å². The number of hydrogen-bond acceptors (Lipinski definition) is 4. The van der Waals surface area contributed by atoms with Gasteiger partial charge in [0.15, 0.2) is 0 Å². The van der Waals surface area contributed by atoms with E-state index < -0.39 is 22.0 Å². The van der Waals surface area contributed by atoms with Gasteiger partial charge in [-0.2, -0.15) is 0 Å². The molecule has 8 nitrogen and oxygen atoms in total. The molecule has 0 aliphatic rings. The summed E-state index contributed by atoms with van der Waals surface area (Å²) in [5.41, 5.74) is 7.25. The summed E-state index contributed by atoms with van der Waals surface area (Å²) in [5.74, 6) is 1.51. The van der Waals surface area contributed by atoms with Crippen LogP contribution in [0, 0.1) is 0 Å². The molecule has 0 aliphatic heterocycles. The van der Waals surface area contributed by atoms with Crippen LogP contribution in [0.5, 0.6) is 0 Å². The zero-order valence-electron chi connectivity index (χ0n) is 19.6. The van der Waals surface area contributed by atoms with Gasteiger partial charge in [0, 0.05) is 35.0 Å². The van der Waals surface area contributed by atoms with E-state index >= 15 is 0 Å². The van der Waals surface area contributed by atoms with Crippen LogP contribution in [0.2, 0.25) is 0 Å². The minimum atomic E-state index is -1.11. The molecule has 4 N–H and O–H groups in total. The highest BCUT2D eigenvalue weighted by atomic mass is 32.2. The summed E-state index contributed by atoms with van der Waals surface area (Å²) in [5, 5.41) is 0. The highest BCUT2D eigenvalue weighted by Crippen LogP contribution is 2.28. The maximum absolute atomic E-state index is 11.3. The molecule has 0 saturated carbocycles. The molecule has 3 aromatic carbocycles. The molecule has 0 spiro atoms. The van der Waals surface area contributed by atoms with E-state index in [1.807, 2.05) is 72.8 Å². The Balaban J connectivity index is 1.35. The maximum atomic E-state index is 11.3. The van der Waals surface area contributed by atoms with Gasteiger partial charge in [-0.25, -0.2) is 18.4 Å². The Morgan fingerprint density at radius 1 is 0.611 bits per heavy atom. The lowest BCUT2D eigenvalue weighted by Gasteiger charge is -2.04. The van der Waals surface area contributed by atoms with Crippen molar-refractivity contribution < 1.29 is 8.42 Å². The number of nitrogens with zero attached hydrogens (tertiary/aromatic N) is 2. The van der Waals surface area contributed by atoms with Gasteiger partial charge in [-0.15, -0.1) is 0 Å². The lowest BCUT2D eigenvalue weighted by atomic mass is 10.1. The number of aromatic amines is 2. The lowest BCUT2D eigenvalue weighted by Crippen LogP contribution is -2.00. The Hall–Kier alpha value is -4.02. The molecular weight excluding hydrogens is 492 g/mol. The van der Waals surface area contributed by atoms with Gasteiger partial charge in [0.25, 0.3) is 0 Å². The molecule has 10 heteroatoms. The Labute approximate surface area is 213 Å². The van der Waals surface area contributed by atoms with E-state index in [4.69, 9.17) is 0 Å². The van der Waals surface area contributed by atoms with E-state index in [9.17, 15) is 8.42 Å². The van der Waals surface area contributed by atoms with Crippen molar-refractivity contribution in [1.82, 2.24) is 19.9 Å². The summed E-state index contributed by atoms with van der Waals surface area (Å²) in [6, 6.07) is 23.4. The van der Waals surface area contributed by atoms with Crippen molar-refractivity contribution in [2.24, 2.45) is 0 Å². The van der Waals surface area contributed by atoms with Gasteiger partial charge in [-0.1, -0.05) is 42.5 Å². The van der Waals surface area contributed by atoms with Crippen LogP contribution in [-0.4, -0.2) is 40.9 Å². The Bertz CT molecular complexity index is 1430. The number of benzene rings is 3. The van der Waals surface area contributed by atoms with Crippen LogP contribution in [0.25, 0.3) is 45.3 Å². The minimum Gasteiger partial charge on any atom is -0.338 e. The zero-order valence-corrected chi connectivity index (χ0v) is 21.2. The molecular formula is C26H24N6O2S2. The van der Waals surface area contributed by atoms with Crippen molar-refractivity contribution in [3.8, 4) is 45.3 Å². The van der Waals surface area contributed by atoms with Crippen LogP contribution in [0.15, 0.2) is 85.2 Å². The molecule has 5 rings (SSSR count). The highest BCUT2D eigenvalue weighted by Gasteiger charge is 2.10. The Morgan fingerprint density at radius 3 is 1.42 bits per heavy atom. The molecule has 0 amide bonds. The molecule has 0 fully saturated rings. The zero-order chi connectivity index (χ0) is 25.1. The number of nitrogens with one attached hydrogen (secondary N) is 4. The predicted molar refractivity (Wildman–Crippen MR) is 148 cm³/mol. The maximum Gasteiger partial charge on any atom is 0.137 e. The molecule has 0 bridgehead atoms. The summed E-state index contributed by atoms with van der Waals surface area (Å²) in [4.78, 5) is 15.9. The van der Waals surface area contributed by atoms with E-state index in [1.54, 1.807) is 24.9 Å². The fourth-order valence-electron chi connectivity index (χ4n) is 3.81. The minimum absolute atomic E-state index is 0.756. The predicted octanol–water partition coefficient (Wildman–Crippen LogP) is 5.21. The van der Waals surface area contributed by atoms with Crippen LogP contribution >= 0.6 is 0 Å². The van der Waals surface area contributed by atoms with E-state index in [1.165, 1.54) is 0 Å². The van der Waals surface area contributed by atoms with E-state index in [-0.39, 0.29) is 0 Å². The van der Waals surface area contributed by atoms with Crippen LogP contribution in [0.1, 0.15) is 0 Å². The van der Waals surface area contributed by atoms with Crippen molar-refractivity contribution in [1.29, 1.82) is 0 Å². The van der Waals surface area contributed by atoms with Gasteiger partial charge in [0.2, 0.25) is 0 Å². The van der Waals surface area contributed by atoms with Gasteiger partial charge in [-0.3, -0.25) is 0 Å². The summed E-state index contributed by atoms with van der Waals surface area (Å²) >= 11 is 0. The summed E-state index contributed by atoms with van der Waals surface area (Å²) < 4.78 is 28.4. The normalized spacial score (nSPS) is 12.7. The van der Waals surface area contributed by atoms with Crippen LogP contribution < -0.4 is 9.44 Å². The number of anilines is 2. The van der Waals surface area contributed by atoms with Gasteiger partial charge in [0.1, 0.15) is 33.6 Å². The topological polar surface area (TPSA) is 116 Å². The van der Waals surface area contributed by atoms with Gasteiger partial charge in [0.05, 0.1) is 23.8 Å². The number of imidazole rings is 2. The SMILES string of the molecule is CS(=O)Nc1ccc(-c2cnc(-c3cccc(-c4ncc(-c5ccc(NS(C)=O)cc5)[nH]4)c3)[nH]2)cc1. The van der Waals surface area contributed by atoms with Crippen LogP contribution in [-0.2, 0) is 22.0 Å². The van der Waals surface area contributed by atoms with Crippen molar-refractivity contribution in [3.63, 3.8) is 0 Å². The number of hydrogen-bond donors (Lipinski definition) is 4. The average molecular weight is 517 g/mol. The summed E-state index contributed by atoms with van der Waals surface area (Å²) in [6.45, 7) is 0. The monoisotopic (exact) mass is 516 g/mol. The van der Waals surface area contributed by atoms with Crippen LogP contribution in [0.4, 0.5) is 11.4 Å². The molecule has 36 heavy (non-hydrogen) atoms. The largest absolute Gasteiger partial charge is 0.338 e. The average Bonchev–Trinajstić information content (AvgIpc) is 3.55. The first-order valence-electron chi connectivity index (χ1n) is 11.1. The van der Waals surface area contributed by atoms with E-state index in [0.717, 1.165) is 56.7 Å². The number of rotatable bonds is 8. The first kappa shape index (κ1) is 23.7. The first-order valence-corrected chi connectivity index (χ1v) is 14.2. The smallest absolute Gasteiger partial charge is 0.137 e. The van der Waals surface area contributed by atoms with E-state index in [0.29, 0.717) is 0 Å². The standard InChI is InChI=1S/C26H24N6O2S2/c1-35(33)31-21-10-6-17(7-11-21)23-15-27-25(29-23)19-4-3-5-20(14-19)26-28-16-24(30-26)18-8-12-22(13-9-18)32-36(2)34/h3-16,31-32H,1-2H3,(H,27,29)(H,28,30). The molecule has 5 aromatic rings.